The van der Waals surface area contributed by atoms with Crippen LogP contribution in [0.15, 0.2) is 17.5 Å². The molecule has 1 aromatic rings. The van der Waals surface area contributed by atoms with E-state index in [0.29, 0.717) is 12.5 Å². The van der Waals surface area contributed by atoms with Gasteiger partial charge >= 0.3 is 0 Å². The molecule has 2 atom stereocenters. The SMILES string of the molecule is C[C@@H](NC(=O)CCC1CCCCN1)c1cccs1. The van der Waals surface area contributed by atoms with Gasteiger partial charge in [-0.05, 0) is 44.2 Å². The first-order valence-corrected chi connectivity index (χ1v) is 7.70. The van der Waals surface area contributed by atoms with Gasteiger partial charge in [-0.25, -0.2) is 0 Å². The highest BCUT2D eigenvalue weighted by atomic mass is 32.1. The smallest absolute Gasteiger partial charge is 0.220 e. The number of thiophene rings is 1. The number of amides is 1. The van der Waals surface area contributed by atoms with E-state index in [1.54, 1.807) is 11.3 Å². The van der Waals surface area contributed by atoms with Gasteiger partial charge in [0.05, 0.1) is 6.04 Å². The van der Waals surface area contributed by atoms with Gasteiger partial charge in [0.15, 0.2) is 0 Å². The molecule has 1 aliphatic rings. The number of hydrogen-bond acceptors (Lipinski definition) is 3. The van der Waals surface area contributed by atoms with E-state index in [1.807, 2.05) is 18.4 Å². The van der Waals surface area contributed by atoms with Gasteiger partial charge in [-0.2, -0.15) is 0 Å². The van der Waals surface area contributed by atoms with Gasteiger partial charge < -0.3 is 10.6 Å². The van der Waals surface area contributed by atoms with Crippen LogP contribution in [0, 0.1) is 0 Å². The normalized spacial score (nSPS) is 21.5. The Bertz CT molecular complexity index is 358. The maximum absolute atomic E-state index is 11.9. The van der Waals surface area contributed by atoms with E-state index in [1.165, 1.54) is 24.1 Å². The van der Waals surface area contributed by atoms with E-state index in [0.717, 1.165) is 13.0 Å². The topological polar surface area (TPSA) is 41.1 Å². The second-order valence-corrected chi connectivity index (χ2v) is 5.97. The van der Waals surface area contributed by atoms with Crippen LogP contribution in [-0.4, -0.2) is 18.5 Å². The molecule has 0 saturated carbocycles. The number of hydrogen-bond donors (Lipinski definition) is 2. The molecule has 2 heterocycles. The average Bonchev–Trinajstić information content (AvgIpc) is 2.91. The molecule has 0 bridgehead atoms. The van der Waals surface area contributed by atoms with Crippen LogP contribution in [0.5, 0.6) is 0 Å². The second kappa shape index (κ2) is 6.90. The maximum atomic E-state index is 11.9. The lowest BCUT2D eigenvalue weighted by Gasteiger charge is -2.23. The third-order valence-electron chi connectivity index (χ3n) is 3.48. The van der Waals surface area contributed by atoms with Crippen molar-refractivity contribution < 1.29 is 4.79 Å². The molecule has 2 rings (SSSR count). The van der Waals surface area contributed by atoms with Gasteiger partial charge in [-0.15, -0.1) is 11.3 Å². The van der Waals surface area contributed by atoms with Crippen molar-refractivity contribution in [3.63, 3.8) is 0 Å². The third-order valence-corrected chi connectivity index (χ3v) is 4.53. The molecular formula is C14H22N2OS. The van der Waals surface area contributed by atoms with Crippen molar-refractivity contribution in [1.82, 2.24) is 10.6 Å². The van der Waals surface area contributed by atoms with Gasteiger partial charge in [0.25, 0.3) is 0 Å². The highest BCUT2D eigenvalue weighted by Crippen LogP contribution is 2.18. The van der Waals surface area contributed by atoms with E-state index < -0.39 is 0 Å². The van der Waals surface area contributed by atoms with Crippen molar-refractivity contribution in [2.45, 2.75) is 51.1 Å². The first-order valence-electron chi connectivity index (χ1n) is 6.82. The Morgan fingerprint density at radius 1 is 1.61 bits per heavy atom. The van der Waals surface area contributed by atoms with Crippen molar-refractivity contribution in [1.29, 1.82) is 0 Å². The van der Waals surface area contributed by atoms with Gasteiger partial charge in [0.1, 0.15) is 0 Å². The standard InChI is InChI=1S/C14H22N2OS/c1-11(13-6-4-10-18-13)16-14(17)8-7-12-5-2-3-9-15-12/h4,6,10-12,15H,2-3,5,7-9H2,1H3,(H,16,17)/t11-,12?/m1/s1. The molecule has 2 N–H and O–H groups in total. The van der Waals surface area contributed by atoms with Crippen LogP contribution in [0.25, 0.3) is 0 Å². The first kappa shape index (κ1) is 13.6. The summed E-state index contributed by atoms with van der Waals surface area (Å²) >= 11 is 1.69. The lowest BCUT2D eigenvalue weighted by atomic mass is 10.0. The van der Waals surface area contributed by atoms with Crippen LogP contribution in [-0.2, 0) is 4.79 Å². The van der Waals surface area contributed by atoms with Crippen molar-refractivity contribution >= 4 is 17.2 Å². The van der Waals surface area contributed by atoms with Gasteiger partial charge in [-0.1, -0.05) is 12.5 Å². The van der Waals surface area contributed by atoms with E-state index in [4.69, 9.17) is 0 Å². The fourth-order valence-electron chi connectivity index (χ4n) is 2.40. The number of carbonyl (C=O) groups excluding carboxylic acids is 1. The Morgan fingerprint density at radius 3 is 3.17 bits per heavy atom. The zero-order valence-corrected chi connectivity index (χ0v) is 11.8. The molecule has 1 amide bonds. The average molecular weight is 266 g/mol. The van der Waals surface area contributed by atoms with Crippen LogP contribution in [0.4, 0.5) is 0 Å². The molecule has 1 aromatic heterocycles. The lowest BCUT2D eigenvalue weighted by Crippen LogP contribution is -2.35. The molecule has 3 nitrogen and oxygen atoms in total. The molecule has 1 fully saturated rings. The summed E-state index contributed by atoms with van der Waals surface area (Å²) in [6, 6.07) is 4.77. The predicted octanol–water partition coefficient (Wildman–Crippen LogP) is 2.85. The minimum absolute atomic E-state index is 0.136. The van der Waals surface area contributed by atoms with Crippen LogP contribution in [0.1, 0.15) is 49.9 Å². The largest absolute Gasteiger partial charge is 0.349 e. The lowest BCUT2D eigenvalue weighted by molar-refractivity contribution is -0.121. The number of nitrogens with one attached hydrogen (secondary N) is 2. The van der Waals surface area contributed by atoms with Crippen LogP contribution in [0.3, 0.4) is 0 Å². The van der Waals surface area contributed by atoms with E-state index in [2.05, 4.69) is 16.7 Å². The molecule has 18 heavy (non-hydrogen) atoms. The van der Waals surface area contributed by atoms with Crippen molar-refractivity contribution in [3.8, 4) is 0 Å². The highest BCUT2D eigenvalue weighted by Gasteiger charge is 2.15. The second-order valence-electron chi connectivity index (χ2n) is 4.99. The van der Waals surface area contributed by atoms with E-state index >= 15 is 0 Å². The Balaban J connectivity index is 1.68. The summed E-state index contributed by atoms with van der Waals surface area (Å²) in [4.78, 5) is 13.1. The Kier molecular flexibility index (Phi) is 5.20. The van der Waals surface area contributed by atoms with E-state index in [-0.39, 0.29) is 11.9 Å². The summed E-state index contributed by atoms with van der Waals surface area (Å²) in [5.74, 6) is 0.170. The summed E-state index contributed by atoms with van der Waals surface area (Å²) < 4.78 is 0. The maximum Gasteiger partial charge on any atom is 0.220 e. The molecule has 0 spiro atoms. The fraction of sp³-hybridized carbons (Fsp3) is 0.643. The van der Waals surface area contributed by atoms with Gasteiger partial charge in [-0.3, -0.25) is 4.79 Å². The minimum atomic E-state index is 0.136. The van der Waals surface area contributed by atoms with Crippen molar-refractivity contribution in [2.24, 2.45) is 0 Å². The molecule has 4 heteroatoms. The predicted molar refractivity (Wildman–Crippen MR) is 75.8 cm³/mol. The van der Waals surface area contributed by atoms with Crippen LogP contribution in [0.2, 0.25) is 0 Å². The fourth-order valence-corrected chi connectivity index (χ4v) is 3.13. The zero-order valence-electron chi connectivity index (χ0n) is 10.9. The summed E-state index contributed by atoms with van der Waals surface area (Å²) in [6.07, 6.45) is 5.38. The van der Waals surface area contributed by atoms with Gasteiger partial charge in [0.2, 0.25) is 5.91 Å². The van der Waals surface area contributed by atoms with E-state index in [9.17, 15) is 4.79 Å². The number of carbonyl (C=O) groups is 1. The zero-order chi connectivity index (χ0) is 12.8. The Labute approximate surface area is 113 Å². The van der Waals surface area contributed by atoms with Gasteiger partial charge in [0, 0.05) is 17.3 Å². The number of rotatable bonds is 5. The minimum Gasteiger partial charge on any atom is -0.349 e. The molecule has 0 aliphatic carbocycles. The monoisotopic (exact) mass is 266 g/mol. The Hall–Kier alpha value is -0.870. The molecule has 1 unspecified atom stereocenters. The molecular weight excluding hydrogens is 244 g/mol. The number of piperidine rings is 1. The third kappa shape index (κ3) is 4.10. The molecule has 1 aliphatic heterocycles. The summed E-state index contributed by atoms with van der Waals surface area (Å²) in [7, 11) is 0. The molecule has 100 valence electrons. The molecule has 0 aromatic carbocycles. The molecule has 1 saturated heterocycles. The first-order chi connectivity index (χ1) is 8.75. The quantitative estimate of drug-likeness (QED) is 0.860. The highest BCUT2D eigenvalue weighted by molar-refractivity contribution is 7.10. The van der Waals surface area contributed by atoms with Crippen LogP contribution < -0.4 is 10.6 Å². The van der Waals surface area contributed by atoms with Crippen molar-refractivity contribution in [3.05, 3.63) is 22.4 Å². The van der Waals surface area contributed by atoms with Crippen molar-refractivity contribution in [2.75, 3.05) is 6.54 Å². The summed E-state index contributed by atoms with van der Waals surface area (Å²) in [6.45, 7) is 3.15. The summed E-state index contributed by atoms with van der Waals surface area (Å²) in [5, 5.41) is 8.59. The molecule has 0 radical (unpaired) electrons. The Morgan fingerprint density at radius 2 is 2.50 bits per heavy atom. The van der Waals surface area contributed by atoms with Crippen LogP contribution >= 0.6 is 11.3 Å². The summed E-state index contributed by atoms with van der Waals surface area (Å²) in [5.41, 5.74) is 0.